The number of phenols is 4. The Hall–Kier alpha value is -7.00. The van der Waals surface area contributed by atoms with E-state index in [0.717, 1.165) is 24.3 Å². The molecular weight excluding hydrogens is 780 g/mol. The molecule has 0 aliphatic rings. The van der Waals surface area contributed by atoms with Crippen molar-refractivity contribution in [3.63, 3.8) is 0 Å². The summed E-state index contributed by atoms with van der Waals surface area (Å²) in [6, 6.07) is 15.3. The molecule has 272 valence electrons. The van der Waals surface area contributed by atoms with E-state index in [0.29, 0.717) is 22.3 Å². The van der Waals surface area contributed by atoms with E-state index in [9.17, 15) is 39.6 Å². The Balaban J connectivity index is 0.000000676. The van der Waals surface area contributed by atoms with Gasteiger partial charge in [0.1, 0.15) is 23.0 Å². The van der Waals surface area contributed by atoms with Gasteiger partial charge in [-0.1, -0.05) is 71.5 Å². The maximum atomic E-state index is 10.7. The third-order valence-corrected chi connectivity index (χ3v) is 5.61. The van der Waals surface area contributed by atoms with E-state index in [1.807, 2.05) is 0 Å². The number of carbonyl (C=O) groups is 4. The van der Waals surface area contributed by atoms with Crippen LogP contribution in [0, 0.1) is 0 Å². The van der Waals surface area contributed by atoms with Crippen molar-refractivity contribution >= 4 is 48.2 Å². The fraction of sp³-hybridized carbons (Fsp3) is 0. The SMILES string of the molecule is O=C(O)/C=C/c1ccc([O-])c(O)c1.O=C(O)/C=C/c1ccc([O-])c(O)c1.O=C(O)/C=C/c1ccc([O-])c(O)c1.O=C(O)/C=C/c1ccc([O-])c(O)c1.[Zr+4]. The number of rotatable bonds is 8. The summed E-state index contributed by atoms with van der Waals surface area (Å²) in [4.78, 5) is 40.5. The molecule has 4 rings (SSSR count). The molecule has 0 saturated carbocycles. The molecule has 4 aromatic rings. The summed E-state index contributed by atoms with van der Waals surface area (Å²) < 4.78 is 0. The first-order valence-electron chi connectivity index (χ1n) is 14.0. The fourth-order valence-corrected chi connectivity index (χ4v) is 3.22. The summed E-state index contributed by atoms with van der Waals surface area (Å²) in [6.45, 7) is 0. The Morgan fingerprint density at radius 2 is 0.547 bits per heavy atom. The number of carboxylic acid groups (broad SMARTS) is 4. The van der Waals surface area contributed by atoms with E-state index in [4.69, 9.17) is 40.9 Å². The number of benzene rings is 4. The second-order valence-corrected chi connectivity index (χ2v) is 9.59. The summed E-state index contributed by atoms with van der Waals surface area (Å²) >= 11 is 0. The van der Waals surface area contributed by atoms with Crippen molar-refractivity contribution in [2.75, 3.05) is 0 Å². The molecule has 0 aromatic heterocycles. The van der Waals surface area contributed by atoms with Crippen molar-refractivity contribution in [2.45, 2.75) is 0 Å². The van der Waals surface area contributed by atoms with Gasteiger partial charge in [-0.3, -0.25) is 0 Å². The summed E-state index contributed by atoms with van der Waals surface area (Å²) in [5.41, 5.74) is 1.89. The molecule has 0 saturated heterocycles. The topological polar surface area (TPSA) is 322 Å². The molecule has 0 amide bonds. The predicted molar refractivity (Wildman–Crippen MR) is 177 cm³/mol. The number of phenolic OH excluding ortho intramolecular Hbond substituents is 4. The smallest absolute Gasteiger partial charge is 0.870 e. The first-order chi connectivity index (χ1) is 24.4. The van der Waals surface area contributed by atoms with Crippen LogP contribution in [0.3, 0.4) is 0 Å². The molecule has 4 aromatic carbocycles. The summed E-state index contributed by atoms with van der Waals surface area (Å²) in [5, 5.41) is 112. The van der Waals surface area contributed by atoms with Crippen molar-refractivity contribution in [3.05, 3.63) is 119 Å². The Labute approximate surface area is 319 Å². The van der Waals surface area contributed by atoms with Crippen molar-refractivity contribution < 1.29 is 107 Å². The minimum atomic E-state index is -1.08. The molecule has 0 bridgehead atoms. The van der Waals surface area contributed by atoms with Gasteiger partial charge in [-0.25, -0.2) is 19.2 Å². The zero-order chi connectivity index (χ0) is 39.4. The van der Waals surface area contributed by atoms with Gasteiger partial charge >= 0.3 is 50.1 Å². The van der Waals surface area contributed by atoms with E-state index in [2.05, 4.69) is 0 Å². The number of aliphatic carboxylic acids is 4. The average Bonchev–Trinajstić information content (AvgIpc) is 3.07. The standard InChI is InChI=1S/4C9H8O4.Zr/c4*10-7-3-1-6(5-8(7)11)2-4-9(12)13;/h4*1-5,10-11H,(H,12,13);/q;;;;+4/p-4/b4*4-2+;. The van der Waals surface area contributed by atoms with Gasteiger partial charge in [0.15, 0.2) is 0 Å². The number of aromatic hydroxyl groups is 4. The minimum absolute atomic E-state index is 0. The quantitative estimate of drug-likeness (QED) is 0.118. The van der Waals surface area contributed by atoms with Crippen LogP contribution in [0.1, 0.15) is 22.3 Å². The monoisotopic (exact) mass is 806 g/mol. The van der Waals surface area contributed by atoms with Crippen LogP contribution >= 0.6 is 0 Å². The molecule has 17 heteroatoms. The summed E-state index contributed by atoms with van der Waals surface area (Å²) in [7, 11) is 0. The van der Waals surface area contributed by atoms with Crippen molar-refractivity contribution in [1.82, 2.24) is 0 Å². The Morgan fingerprint density at radius 1 is 0.377 bits per heavy atom. The predicted octanol–water partition coefficient (Wildman–Crippen LogP) is 2.25. The molecule has 16 nitrogen and oxygen atoms in total. The molecule has 0 heterocycles. The summed E-state index contributed by atoms with van der Waals surface area (Å²) in [5.74, 6) is -7.76. The van der Waals surface area contributed by atoms with Crippen LogP contribution < -0.4 is 20.4 Å². The third kappa shape index (κ3) is 19.7. The van der Waals surface area contributed by atoms with Gasteiger partial charge in [0.25, 0.3) is 0 Å². The van der Waals surface area contributed by atoms with Crippen LogP contribution in [-0.4, -0.2) is 64.7 Å². The van der Waals surface area contributed by atoms with E-state index in [-0.39, 0.29) is 49.2 Å². The number of hydrogen-bond donors (Lipinski definition) is 8. The Bertz CT molecular complexity index is 1710. The van der Waals surface area contributed by atoms with E-state index in [1.54, 1.807) is 0 Å². The molecule has 0 fully saturated rings. The second kappa shape index (κ2) is 23.4. The molecular formula is C36H28O16Zr. The number of hydrogen-bond acceptors (Lipinski definition) is 12. The molecule has 0 aliphatic carbocycles. The third-order valence-electron chi connectivity index (χ3n) is 5.61. The van der Waals surface area contributed by atoms with E-state index < -0.39 is 46.9 Å². The van der Waals surface area contributed by atoms with Gasteiger partial charge in [-0.05, 0) is 70.8 Å². The second-order valence-electron chi connectivity index (χ2n) is 9.59. The van der Waals surface area contributed by atoms with Crippen LogP contribution in [-0.2, 0) is 45.4 Å². The zero-order valence-electron chi connectivity index (χ0n) is 26.9. The molecule has 53 heavy (non-hydrogen) atoms. The van der Waals surface area contributed by atoms with E-state index in [1.165, 1.54) is 97.1 Å². The normalized spacial score (nSPS) is 10.3. The van der Waals surface area contributed by atoms with Gasteiger partial charge in [0.05, 0.1) is 0 Å². The van der Waals surface area contributed by atoms with Crippen LogP contribution in [0.4, 0.5) is 0 Å². The maximum Gasteiger partial charge on any atom is 4.00 e. The minimum Gasteiger partial charge on any atom is -0.870 e. The van der Waals surface area contributed by atoms with Crippen LogP contribution in [0.15, 0.2) is 97.1 Å². The van der Waals surface area contributed by atoms with Crippen molar-refractivity contribution in [2.24, 2.45) is 0 Å². The average molecular weight is 808 g/mol. The molecule has 0 unspecified atom stereocenters. The van der Waals surface area contributed by atoms with Gasteiger partial charge in [0, 0.05) is 24.3 Å². The van der Waals surface area contributed by atoms with Crippen LogP contribution in [0.2, 0.25) is 0 Å². The van der Waals surface area contributed by atoms with Gasteiger partial charge in [-0.15, -0.1) is 0 Å². The van der Waals surface area contributed by atoms with Crippen LogP contribution in [0.25, 0.3) is 24.3 Å². The maximum absolute atomic E-state index is 10.7. The van der Waals surface area contributed by atoms with Gasteiger partial charge in [-0.2, -0.15) is 0 Å². The van der Waals surface area contributed by atoms with E-state index >= 15 is 0 Å². The Morgan fingerprint density at radius 3 is 0.679 bits per heavy atom. The van der Waals surface area contributed by atoms with Crippen molar-refractivity contribution in [1.29, 1.82) is 0 Å². The number of carboxylic acids is 4. The fourth-order valence-electron chi connectivity index (χ4n) is 3.22. The van der Waals surface area contributed by atoms with Gasteiger partial charge in [0.2, 0.25) is 0 Å². The summed E-state index contributed by atoms with van der Waals surface area (Å²) in [6.07, 6.45) is 8.89. The van der Waals surface area contributed by atoms with Gasteiger partial charge < -0.3 is 61.3 Å². The molecule has 0 atom stereocenters. The molecule has 0 radical (unpaired) electrons. The largest absolute Gasteiger partial charge is 4.00 e. The molecule has 8 N–H and O–H groups in total. The molecule has 0 spiro atoms. The Kier molecular flexibility index (Phi) is 20.3. The van der Waals surface area contributed by atoms with Crippen molar-refractivity contribution in [3.8, 4) is 46.0 Å². The first kappa shape index (κ1) is 46.0. The van der Waals surface area contributed by atoms with Crippen LogP contribution in [0.5, 0.6) is 46.0 Å². The first-order valence-corrected chi connectivity index (χ1v) is 14.0. The zero-order valence-corrected chi connectivity index (χ0v) is 29.3. The molecule has 0 aliphatic heterocycles.